The van der Waals surface area contributed by atoms with Crippen LogP contribution in [0, 0.1) is 0 Å². The van der Waals surface area contributed by atoms with Crippen LogP contribution in [-0.4, -0.2) is 10.9 Å². The second-order valence-electron chi connectivity index (χ2n) is 5.05. The Labute approximate surface area is 122 Å². The van der Waals surface area contributed by atoms with Gasteiger partial charge in [-0.3, -0.25) is 4.79 Å². The molecule has 3 N–H and O–H groups in total. The number of hydrogen-bond acceptors (Lipinski definition) is 3. The van der Waals surface area contributed by atoms with Crippen LogP contribution >= 0.6 is 0 Å². The van der Waals surface area contributed by atoms with Crippen molar-refractivity contribution in [3.63, 3.8) is 0 Å². The van der Waals surface area contributed by atoms with E-state index in [-0.39, 0.29) is 18.0 Å². The summed E-state index contributed by atoms with van der Waals surface area (Å²) in [6.45, 7) is 0. The Morgan fingerprint density at radius 1 is 0.952 bits per heavy atom. The van der Waals surface area contributed by atoms with Crippen molar-refractivity contribution in [2.24, 2.45) is 0 Å². The van der Waals surface area contributed by atoms with E-state index in [0.717, 1.165) is 16.3 Å². The van der Waals surface area contributed by atoms with E-state index in [0.29, 0.717) is 11.3 Å². The third kappa shape index (κ3) is 2.72. The number of ketones is 1. The van der Waals surface area contributed by atoms with Gasteiger partial charge in [0.15, 0.2) is 5.78 Å². The Morgan fingerprint density at radius 2 is 1.57 bits per heavy atom. The Hall–Kier alpha value is -2.81. The van der Waals surface area contributed by atoms with E-state index in [1.165, 1.54) is 0 Å². The van der Waals surface area contributed by atoms with Crippen LogP contribution in [0.15, 0.2) is 60.7 Å². The molecule has 3 rings (SSSR count). The van der Waals surface area contributed by atoms with Gasteiger partial charge < -0.3 is 10.8 Å². The predicted molar refractivity (Wildman–Crippen MR) is 84.5 cm³/mol. The van der Waals surface area contributed by atoms with Crippen molar-refractivity contribution < 1.29 is 9.90 Å². The standard InChI is InChI=1S/C18H15NO2/c19-17-11-14-4-2-1-3-13(14)10-16(17)18(21)9-12-5-7-15(20)8-6-12/h1-8,10-11,20H,9,19H2. The van der Waals surface area contributed by atoms with E-state index in [4.69, 9.17) is 5.73 Å². The highest BCUT2D eigenvalue weighted by Crippen LogP contribution is 2.23. The van der Waals surface area contributed by atoms with Crippen LogP contribution < -0.4 is 5.73 Å². The van der Waals surface area contributed by atoms with E-state index in [9.17, 15) is 9.90 Å². The van der Waals surface area contributed by atoms with Crippen molar-refractivity contribution in [2.75, 3.05) is 5.73 Å². The van der Waals surface area contributed by atoms with Crippen LogP contribution in [0.4, 0.5) is 5.69 Å². The molecule has 0 heterocycles. The molecule has 0 spiro atoms. The third-order valence-corrected chi connectivity index (χ3v) is 3.52. The zero-order valence-corrected chi connectivity index (χ0v) is 11.4. The van der Waals surface area contributed by atoms with E-state index in [2.05, 4.69) is 0 Å². The molecule has 0 fully saturated rings. The summed E-state index contributed by atoms with van der Waals surface area (Å²) in [5.74, 6) is 0.167. The molecule has 3 heteroatoms. The first kappa shape index (κ1) is 13.2. The number of aromatic hydroxyl groups is 1. The van der Waals surface area contributed by atoms with E-state index >= 15 is 0 Å². The molecule has 0 bridgehead atoms. The number of phenolic OH excluding ortho intramolecular Hbond substituents is 1. The maximum atomic E-state index is 12.4. The lowest BCUT2D eigenvalue weighted by Crippen LogP contribution is -2.07. The largest absolute Gasteiger partial charge is 0.508 e. The quantitative estimate of drug-likeness (QED) is 0.568. The Bertz CT molecular complexity index is 807. The molecule has 0 amide bonds. The topological polar surface area (TPSA) is 63.3 Å². The van der Waals surface area contributed by atoms with Crippen molar-refractivity contribution >= 4 is 22.2 Å². The molecule has 0 aliphatic carbocycles. The first-order valence-electron chi connectivity index (χ1n) is 6.73. The minimum atomic E-state index is -0.0241. The predicted octanol–water partition coefficient (Wildman–Crippen LogP) is 3.55. The molecule has 3 aromatic rings. The minimum absolute atomic E-state index is 0.0241. The number of anilines is 1. The smallest absolute Gasteiger partial charge is 0.169 e. The summed E-state index contributed by atoms with van der Waals surface area (Å²) in [4.78, 5) is 12.4. The van der Waals surface area contributed by atoms with Crippen LogP contribution in [0.2, 0.25) is 0 Å². The maximum Gasteiger partial charge on any atom is 0.169 e. The number of fused-ring (bicyclic) bond motifs is 1. The molecule has 0 radical (unpaired) electrons. The Kier molecular flexibility index (Phi) is 3.32. The SMILES string of the molecule is Nc1cc2ccccc2cc1C(=O)Cc1ccc(O)cc1. The fourth-order valence-corrected chi connectivity index (χ4v) is 2.39. The zero-order chi connectivity index (χ0) is 14.8. The van der Waals surface area contributed by atoms with Crippen LogP contribution in [0.1, 0.15) is 15.9 Å². The lowest BCUT2D eigenvalue weighted by Gasteiger charge is -2.08. The van der Waals surface area contributed by atoms with Crippen LogP contribution in [0.25, 0.3) is 10.8 Å². The van der Waals surface area contributed by atoms with Crippen molar-refractivity contribution in [1.82, 2.24) is 0 Å². The normalized spacial score (nSPS) is 10.7. The molecule has 3 nitrogen and oxygen atoms in total. The van der Waals surface area contributed by atoms with Gasteiger partial charge in [-0.2, -0.15) is 0 Å². The highest BCUT2D eigenvalue weighted by Gasteiger charge is 2.12. The molecule has 0 aliphatic heterocycles. The van der Waals surface area contributed by atoms with Crippen molar-refractivity contribution in [3.8, 4) is 5.75 Å². The number of nitrogen functional groups attached to an aromatic ring is 1. The van der Waals surface area contributed by atoms with Gasteiger partial charge in [0, 0.05) is 17.7 Å². The van der Waals surface area contributed by atoms with Crippen LogP contribution in [0.3, 0.4) is 0 Å². The van der Waals surface area contributed by atoms with Gasteiger partial charge in [-0.05, 0) is 40.6 Å². The summed E-state index contributed by atoms with van der Waals surface area (Å²) in [5, 5.41) is 11.3. The zero-order valence-electron chi connectivity index (χ0n) is 11.4. The van der Waals surface area contributed by atoms with Gasteiger partial charge in [-0.25, -0.2) is 0 Å². The van der Waals surface area contributed by atoms with E-state index < -0.39 is 0 Å². The van der Waals surface area contributed by atoms with Crippen molar-refractivity contribution in [3.05, 3.63) is 71.8 Å². The highest BCUT2D eigenvalue weighted by molar-refractivity contribution is 6.05. The Balaban J connectivity index is 1.93. The summed E-state index contributed by atoms with van der Waals surface area (Å²) in [5.41, 5.74) is 7.90. The number of Topliss-reactive ketones (excluding diaryl/α,β-unsaturated/α-hetero) is 1. The molecular weight excluding hydrogens is 262 g/mol. The Morgan fingerprint density at radius 3 is 2.24 bits per heavy atom. The number of hydrogen-bond donors (Lipinski definition) is 2. The molecule has 104 valence electrons. The molecule has 0 unspecified atom stereocenters. The lowest BCUT2D eigenvalue weighted by atomic mass is 9.98. The maximum absolute atomic E-state index is 12.4. The summed E-state index contributed by atoms with van der Waals surface area (Å²) in [6.07, 6.45) is 0.267. The molecule has 0 aromatic heterocycles. The summed E-state index contributed by atoms with van der Waals surface area (Å²) in [7, 11) is 0. The van der Waals surface area contributed by atoms with Crippen LogP contribution in [0.5, 0.6) is 5.75 Å². The van der Waals surface area contributed by atoms with Gasteiger partial charge in [0.05, 0.1) is 0 Å². The van der Waals surface area contributed by atoms with Gasteiger partial charge in [0.1, 0.15) is 5.75 Å². The summed E-state index contributed by atoms with van der Waals surface area (Å²) in [6, 6.07) is 18.1. The third-order valence-electron chi connectivity index (χ3n) is 3.52. The average molecular weight is 277 g/mol. The van der Waals surface area contributed by atoms with Gasteiger partial charge in [-0.15, -0.1) is 0 Å². The molecule has 0 aliphatic rings. The summed E-state index contributed by atoms with van der Waals surface area (Å²) < 4.78 is 0. The first-order valence-corrected chi connectivity index (χ1v) is 6.73. The molecule has 0 saturated carbocycles. The monoisotopic (exact) mass is 277 g/mol. The van der Waals surface area contributed by atoms with Crippen molar-refractivity contribution in [2.45, 2.75) is 6.42 Å². The van der Waals surface area contributed by atoms with Crippen molar-refractivity contribution in [1.29, 1.82) is 0 Å². The fraction of sp³-hybridized carbons (Fsp3) is 0.0556. The lowest BCUT2D eigenvalue weighted by molar-refractivity contribution is 0.0994. The minimum Gasteiger partial charge on any atom is -0.508 e. The number of carbonyl (C=O) groups is 1. The molecule has 3 aromatic carbocycles. The second-order valence-corrected chi connectivity index (χ2v) is 5.05. The van der Waals surface area contributed by atoms with Gasteiger partial charge in [-0.1, -0.05) is 36.4 Å². The van der Waals surface area contributed by atoms with Crippen LogP contribution in [-0.2, 0) is 6.42 Å². The number of nitrogens with two attached hydrogens (primary N) is 1. The molecule has 21 heavy (non-hydrogen) atoms. The molecule has 0 atom stereocenters. The summed E-state index contributed by atoms with van der Waals surface area (Å²) >= 11 is 0. The number of carbonyl (C=O) groups excluding carboxylic acids is 1. The number of phenols is 1. The van der Waals surface area contributed by atoms with E-state index in [1.807, 2.05) is 36.4 Å². The molecule has 0 saturated heterocycles. The highest BCUT2D eigenvalue weighted by atomic mass is 16.3. The first-order chi connectivity index (χ1) is 10.1. The number of benzene rings is 3. The van der Waals surface area contributed by atoms with Gasteiger partial charge in [0.25, 0.3) is 0 Å². The fourth-order valence-electron chi connectivity index (χ4n) is 2.39. The van der Waals surface area contributed by atoms with E-state index in [1.54, 1.807) is 24.3 Å². The second kappa shape index (κ2) is 5.29. The van der Waals surface area contributed by atoms with Gasteiger partial charge in [0.2, 0.25) is 0 Å². The van der Waals surface area contributed by atoms with Gasteiger partial charge >= 0.3 is 0 Å². The molecular formula is C18H15NO2. The number of rotatable bonds is 3. The average Bonchev–Trinajstić information content (AvgIpc) is 2.49.